The number of hydrogen-bond donors (Lipinski definition) is 0. The van der Waals surface area contributed by atoms with Crippen LogP contribution in [0.5, 0.6) is 11.5 Å². The molecule has 55 heavy (non-hydrogen) atoms. The second-order valence-corrected chi connectivity index (χ2v) is 22.7. The molecule has 0 amide bonds. The zero-order valence-electron chi connectivity index (χ0n) is 33.1. The first-order valence-corrected chi connectivity index (χ1v) is 24.4. The Morgan fingerprint density at radius 1 is 0.982 bits per heavy atom. The molecule has 0 radical (unpaired) electrons. The number of aromatic nitrogens is 4. The van der Waals surface area contributed by atoms with Gasteiger partial charge in [-0.1, -0.05) is 43.1 Å². The summed E-state index contributed by atoms with van der Waals surface area (Å²) < 4.78 is 26.7. The summed E-state index contributed by atoms with van der Waals surface area (Å²) >= 11 is 3.13. The second kappa shape index (κ2) is 18.7. The maximum Gasteiger partial charge on any atom is 0.358 e. The Bertz CT molecular complexity index is 2120. The molecular formula is C40H53N7O5S2Si. The van der Waals surface area contributed by atoms with Crippen molar-refractivity contribution in [1.29, 1.82) is 0 Å². The lowest BCUT2D eigenvalue weighted by Crippen LogP contribution is -2.27. The van der Waals surface area contributed by atoms with E-state index in [1.54, 1.807) is 18.3 Å². The molecular weight excluding hydrogens is 751 g/mol. The van der Waals surface area contributed by atoms with Crippen LogP contribution in [0, 0.1) is 6.92 Å². The van der Waals surface area contributed by atoms with Gasteiger partial charge in [0.15, 0.2) is 27.3 Å². The Balaban J connectivity index is 1.19. The quantitative estimate of drug-likeness (QED) is 0.0490. The lowest BCUT2D eigenvalue weighted by atomic mass is 10.0. The molecule has 4 heterocycles. The minimum atomic E-state index is -1.21. The molecule has 294 valence electrons. The molecule has 5 aromatic rings. The number of esters is 1. The molecule has 0 atom stereocenters. The maximum absolute atomic E-state index is 13.1. The average Bonchev–Trinajstić information content (AvgIpc) is 3.74. The summed E-state index contributed by atoms with van der Waals surface area (Å²) in [5, 5.41) is 10.1. The van der Waals surface area contributed by atoms with E-state index < -0.39 is 14.0 Å². The van der Waals surface area contributed by atoms with Crippen molar-refractivity contribution in [2.75, 3.05) is 58.5 Å². The van der Waals surface area contributed by atoms with Crippen LogP contribution in [0.3, 0.4) is 0 Å². The summed E-state index contributed by atoms with van der Waals surface area (Å²) in [6, 6.07) is 17.1. The van der Waals surface area contributed by atoms with Crippen molar-refractivity contribution in [3.63, 3.8) is 0 Å². The number of benzene rings is 2. The van der Waals surface area contributed by atoms with Crippen molar-refractivity contribution in [3.05, 3.63) is 75.0 Å². The second-order valence-electron chi connectivity index (χ2n) is 15.0. The maximum atomic E-state index is 13.1. The lowest BCUT2D eigenvalue weighted by Gasteiger charge is -2.28. The van der Waals surface area contributed by atoms with Gasteiger partial charge in [0.25, 0.3) is 0 Å². The molecule has 0 bridgehead atoms. The third-order valence-corrected chi connectivity index (χ3v) is 13.1. The van der Waals surface area contributed by atoms with Crippen LogP contribution in [0.2, 0.25) is 25.7 Å². The summed E-state index contributed by atoms with van der Waals surface area (Å²) in [6.45, 7) is 15.1. The van der Waals surface area contributed by atoms with Crippen LogP contribution in [0.1, 0.15) is 46.3 Å². The average molecular weight is 804 g/mol. The van der Waals surface area contributed by atoms with E-state index >= 15 is 0 Å². The van der Waals surface area contributed by atoms with Crippen LogP contribution < -0.4 is 19.2 Å². The fourth-order valence-corrected chi connectivity index (χ4v) is 8.99. The molecule has 0 spiro atoms. The van der Waals surface area contributed by atoms with Gasteiger partial charge in [0, 0.05) is 43.8 Å². The smallest absolute Gasteiger partial charge is 0.358 e. The van der Waals surface area contributed by atoms with Crippen molar-refractivity contribution >= 4 is 63.7 Å². The molecule has 3 aromatic heterocycles. The van der Waals surface area contributed by atoms with E-state index in [9.17, 15) is 4.79 Å². The first kappa shape index (κ1) is 40.5. The summed E-state index contributed by atoms with van der Waals surface area (Å²) in [5.74, 6) is 2.53. The Morgan fingerprint density at radius 3 is 2.45 bits per heavy atom. The Hall–Kier alpha value is -4.15. The fourth-order valence-electron chi connectivity index (χ4n) is 6.10. The van der Waals surface area contributed by atoms with Crippen LogP contribution in [-0.4, -0.2) is 92.3 Å². The zero-order chi connectivity index (χ0) is 39.0. The highest BCUT2D eigenvalue weighted by Crippen LogP contribution is 2.39. The SMILES string of the molecule is CCOC(=O)c1nc(N2CCCc3c2nnc(/N=c2\sc4ccccc4n2COCC[Si](C)(C)C)c3C)sc1CCCOc1ccc(OCCN(C)C)cc1. The van der Waals surface area contributed by atoms with Gasteiger partial charge in [0.1, 0.15) is 24.8 Å². The first-order valence-electron chi connectivity index (χ1n) is 19.0. The number of aryl methyl sites for hydroxylation is 1. The van der Waals surface area contributed by atoms with Gasteiger partial charge in [0.2, 0.25) is 0 Å². The minimum Gasteiger partial charge on any atom is -0.494 e. The molecule has 15 heteroatoms. The van der Waals surface area contributed by atoms with E-state index in [0.717, 1.165) is 86.9 Å². The van der Waals surface area contributed by atoms with Crippen molar-refractivity contribution in [1.82, 2.24) is 24.6 Å². The van der Waals surface area contributed by atoms with Crippen LogP contribution in [0.4, 0.5) is 16.8 Å². The van der Waals surface area contributed by atoms with Crippen molar-refractivity contribution in [2.24, 2.45) is 4.99 Å². The number of thiazole rings is 2. The van der Waals surface area contributed by atoms with E-state index in [4.69, 9.17) is 34.0 Å². The standard InChI is InChI=1S/C40H53N7O5S2Si/c1-8-50-38(48)35-34(16-12-23-51-29-17-19-30(20-18-29)52-24-22-45(3)4)54-39(41-35)46-21-11-13-31-28(2)36(43-44-37(31)46)42-40-47(27-49-25-26-55(5,6)7)32-14-9-10-15-33(32)53-40/h9-10,14-15,17-20H,8,11-13,16,21-27H2,1-7H3/b42-40-. The van der Waals surface area contributed by atoms with Crippen LogP contribution >= 0.6 is 22.7 Å². The van der Waals surface area contributed by atoms with Gasteiger partial charge in [0.05, 0.1) is 23.4 Å². The van der Waals surface area contributed by atoms with Crippen LogP contribution in [0.25, 0.3) is 10.2 Å². The molecule has 0 aliphatic carbocycles. The largest absolute Gasteiger partial charge is 0.494 e. The Labute approximate surface area is 332 Å². The molecule has 2 aromatic carbocycles. The Kier molecular flexibility index (Phi) is 13.7. The number of fused-ring (bicyclic) bond motifs is 2. The number of para-hydroxylation sites is 1. The molecule has 0 saturated carbocycles. The third kappa shape index (κ3) is 10.6. The molecule has 1 aliphatic rings. The van der Waals surface area contributed by atoms with Crippen molar-refractivity contribution in [3.8, 4) is 11.5 Å². The number of carbonyl (C=O) groups excluding carboxylic acids is 1. The number of hydrogen-bond acceptors (Lipinski definition) is 13. The molecule has 0 fully saturated rings. The fraction of sp³-hybridized carbons (Fsp3) is 0.475. The number of likely N-dealkylation sites (N-methyl/N-ethyl adjacent to an activating group) is 1. The normalized spacial score (nSPS) is 13.5. The molecule has 1 aliphatic heterocycles. The van der Waals surface area contributed by atoms with Gasteiger partial charge in [-0.3, -0.25) is 4.57 Å². The number of carbonyl (C=O) groups is 1. The van der Waals surface area contributed by atoms with E-state index in [-0.39, 0.29) is 6.61 Å². The topological polar surface area (TPSA) is 116 Å². The summed E-state index contributed by atoms with van der Waals surface area (Å²) in [6.07, 6.45) is 3.09. The van der Waals surface area contributed by atoms with Gasteiger partial charge in [-0.2, -0.15) is 4.99 Å². The highest BCUT2D eigenvalue weighted by atomic mass is 32.1. The molecule has 0 N–H and O–H groups in total. The highest BCUT2D eigenvalue weighted by Gasteiger charge is 2.29. The van der Waals surface area contributed by atoms with E-state index in [0.29, 0.717) is 49.4 Å². The van der Waals surface area contributed by atoms with Gasteiger partial charge in [-0.15, -0.1) is 21.5 Å². The number of rotatable bonds is 18. The van der Waals surface area contributed by atoms with Crippen LogP contribution in [-0.2, 0) is 29.0 Å². The first-order chi connectivity index (χ1) is 26.5. The predicted molar refractivity (Wildman–Crippen MR) is 224 cm³/mol. The highest BCUT2D eigenvalue weighted by molar-refractivity contribution is 7.16. The summed E-state index contributed by atoms with van der Waals surface area (Å²) in [7, 11) is 2.83. The molecule has 12 nitrogen and oxygen atoms in total. The summed E-state index contributed by atoms with van der Waals surface area (Å²) in [5.41, 5.74) is 3.53. The van der Waals surface area contributed by atoms with Gasteiger partial charge in [-0.25, -0.2) is 9.78 Å². The van der Waals surface area contributed by atoms with E-state index in [1.165, 1.54) is 11.3 Å². The number of ether oxygens (including phenoxy) is 4. The third-order valence-electron chi connectivity index (χ3n) is 9.20. The minimum absolute atomic E-state index is 0.275. The van der Waals surface area contributed by atoms with Crippen LogP contribution in [0.15, 0.2) is 53.5 Å². The predicted octanol–water partition coefficient (Wildman–Crippen LogP) is 8.02. The van der Waals surface area contributed by atoms with Gasteiger partial charge >= 0.3 is 5.97 Å². The summed E-state index contributed by atoms with van der Waals surface area (Å²) in [4.78, 5) is 28.9. The van der Waals surface area contributed by atoms with Crippen molar-refractivity contribution in [2.45, 2.75) is 71.9 Å². The lowest BCUT2D eigenvalue weighted by molar-refractivity contribution is 0.0519. The van der Waals surface area contributed by atoms with Crippen molar-refractivity contribution < 1.29 is 23.7 Å². The zero-order valence-corrected chi connectivity index (χ0v) is 35.7. The van der Waals surface area contributed by atoms with E-state index in [2.05, 4.69) is 58.2 Å². The number of anilines is 2. The molecule has 6 rings (SSSR count). The van der Waals surface area contributed by atoms with E-state index in [1.807, 2.05) is 50.5 Å². The number of nitrogens with zero attached hydrogens (tertiary/aromatic N) is 7. The Morgan fingerprint density at radius 2 is 1.73 bits per heavy atom. The molecule has 0 unspecified atom stereocenters. The monoisotopic (exact) mass is 803 g/mol. The molecule has 0 saturated heterocycles. The van der Waals surface area contributed by atoms with Gasteiger partial charge in [-0.05, 0) is 96.1 Å². The van der Waals surface area contributed by atoms with Gasteiger partial charge < -0.3 is 28.7 Å².